The minimum Gasteiger partial charge on any atom is -0.323 e. The molecule has 1 amide bonds. The molecule has 0 saturated carbocycles. The van der Waals surface area contributed by atoms with Gasteiger partial charge in [-0.05, 0) is 29.3 Å². The highest BCUT2D eigenvalue weighted by molar-refractivity contribution is 6.17. The molecule has 2 rings (SSSR count). The van der Waals surface area contributed by atoms with Gasteiger partial charge in [-0.2, -0.15) is 0 Å². The molecule has 0 saturated heterocycles. The summed E-state index contributed by atoms with van der Waals surface area (Å²) in [6, 6.07) is 17.2. The van der Waals surface area contributed by atoms with Gasteiger partial charge in [-0.25, -0.2) is 0 Å². The van der Waals surface area contributed by atoms with Gasteiger partial charge in [0, 0.05) is 17.6 Å². The minimum atomic E-state index is -0.157. The van der Waals surface area contributed by atoms with Crippen molar-refractivity contribution in [2.75, 3.05) is 5.32 Å². The fraction of sp³-hybridized carbons (Fsp3) is 0.0625. The van der Waals surface area contributed by atoms with Crippen molar-refractivity contribution in [2.24, 2.45) is 0 Å². The van der Waals surface area contributed by atoms with Crippen LogP contribution in [0.5, 0.6) is 0 Å². The standard InChI is InChI=1S/C16H14ClNO/c17-12-14-7-4-8-15(11-14)18-16(19)10-9-13-5-2-1-3-6-13/h1-11H,12H2,(H,18,19). The normalized spacial score (nSPS) is 10.6. The summed E-state index contributed by atoms with van der Waals surface area (Å²) in [6.45, 7) is 0. The predicted molar refractivity (Wildman–Crippen MR) is 80.1 cm³/mol. The summed E-state index contributed by atoms with van der Waals surface area (Å²) in [5.74, 6) is 0.277. The van der Waals surface area contributed by atoms with Crippen LogP contribution in [0.2, 0.25) is 0 Å². The number of nitrogens with one attached hydrogen (secondary N) is 1. The number of hydrogen-bond acceptors (Lipinski definition) is 1. The van der Waals surface area contributed by atoms with Crippen molar-refractivity contribution >= 4 is 29.3 Å². The van der Waals surface area contributed by atoms with Crippen LogP contribution >= 0.6 is 11.6 Å². The molecule has 19 heavy (non-hydrogen) atoms. The number of halogens is 1. The molecule has 2 aromatic rings. The third-order valence-electron chi connectivity index (χ3n) is 2.58. The van der Waals surface area contributed by atoms with Gasteiger partial charge in [0.25, 0.3) is 0 Å². The molecule has 0 aliphatic carbocycles. The Kier molecular flexibility index (Phi) is 4.76. The second-order valence-corrected chi connectivity index (χ2v) is 4.33. The van der Waals surface area contributed by atoms with Crippen molar-refractivity contribution in [3.05, 3.63) is 71.8 Å². The van der Waals surface area contributed by atoms with Gasteiger partial charge in [-0.3, -0.25) is 4.79 Å². The highest BCUT2D eigenvalue weighted by Gasteiger charge is 1.98. The predicted octanol–water partition coefficient (Wildman–Crippen LogP) is 4.08. The number of benzene rings is 2. The van der Waals surface area contributed by atoms with Crippen LogP contribution < -0.4 is 5.32 Å². The van der Waals surface area contributed by atoms with Gasteiger partial charge >= 0.3 is 0 Å². The molecule has 0 radical (unpaired) electrons. The fourth-order valence-corrected chi connectivity index (χ4v) is 1.82. The van der Waals surface area contributed by atoms with Crippen molar-refractivity contribution in [3.8, 4) is 0 Å². The average molecular weight is 272 g/mol. The Labute approximate surface area is 117 Å². The average Bonchev–Trinajstić information content (AvgIpc) is 2.46. The van der Waals surface area contributed by atoms with E-state index in [0.717, 1.165) is 16.8 Å². The molecule has 0 spiro atoms. The van der Waals surface area contributed by atoms with Crippen LogP contribution in [0.1, 0.15) is 11.1 Å². The van der Waals surface area contributed by atoms with E-state index in [2.05, 4.69) is 5.32 Å². The molecule has 0 unspecified atom stereocenters. The number of anilines is 1. The van der Waals surface area contributed by atoms with Gasteiger partial charge in [-0.15, -0.1) is 11.6 Å². The largest absolute Gasteiger partial charge is 0.323 e. The molecule has 1 N–H and O–H groups in total. The number of alkyl halides is 1. The monoisotopic (exact) mass is 271 g/mol. The van der Waals surface area contributed by atoms with E-state index in [-0.39, 0.29) is 5.91 Å². The van der Waals surface area contributed by atoms with Gasteiger partial charge in [0.05, 0.1) is 0 Å². The highest BCUT2D eigenvalue weighted by atomic mass is 35.5. The Bertz CT molecular complexity index is 578. The summed E-state index contributed by atoms with van der Waals surface area (Å²) >= 11 is 5.75. The summed E-state index contributed by atoms with van der Waals surface area (Å²) < 4.78 is 0. The maximum absolute atomic E-state index is 11.8. The van der Waals surface area contributed by atoms with Gasteiger partial charge < -0.3 is 5.32 Å². The van der Waals surface area contributed by atoms with Gasteiger partial charge in [0.2, 0.25) is 5.91 Å². The van der Waals surface area contributed by atoms with E-state index in [9.17, 15) is 4.79 Å². The highest BCUT2D eigenvalue weighted by Crippen LogP contribution is 2.12. The van der Waals surface area contributed by atoms with E-state index in [1.165, 1.54) is 6.08 Å². The number of amides is 1. The zero-order valence-corrected chi connectivity index (χ0v) is 11.1. The summed E-state index contributed by atoms with van der Waals surface area (Å²) in [6.07, 6.45) is 3.30. The van der Waals surface area contributed by atoms with Gasteiger partial charge in [0.15, 0.2) is 0 Å². The second-order valence-electron chi connectivity index (χ2n) is 4.07. The third-order valence-corrected chi connectivity index (χ3v) is 2.88. The van der Waals surface area contributed by atoms with Crippen molar-refractivity contribution in [3.63, 3.8) is 0 Å². The van der Waals surface area contributed by atoms with Crippen LogP contribution in [-0.4, -0.2) is 5.91 Å². The summed E-state index contributed by atoms with van der Waals surface area (Å²) in [5.41, 5.74) is 2.72. The number of rotatable bonds is 4. The Hall–Kier alpha value is -2.06. The second kappa shape index (κ2) is 6.76. The van der Waals surface area contributed by atoms with E-state index >= 15 is 0 Å². The molecule has 3 heteroatoms. The molecule has 0 heterocycles. The topological polar surface area (TPSA) is 29.1 Å². The number of carbonyl (C=O) groups excluding carboxylic acids is 1. The first-order chi connectivity index (χ1) is 9.28. The molecule has 2 aromatic carbocycles. The summed E-state index contributed by atoms with van der Waals surface area (Å²) in [5, 5.41) is 2.80. The smallest absolute Gasteiger partial charge is 0.248 e. The lowest BCUT2D eigenvalue weighted by atomic mass is 10.2. The van der Waals surface area contributed by atoms with Crippen molar-refractivity contribution in [2.45, 2.75) is 5.88 Å². The van der Waals surface area contributed by atoms with Crippen LogP contribution in [-0.2, 0) is 10.7 Å². The molecule has 0 bridgehead atoms. The lowest BCUT2D eigenvalue weighted by Crippen LogP contribution is -2.07. The first-order valence-corrected chi connectivity index (χ1v) is 6.50. The van der Waals surface area contributed by atoms with Crippen LogP contribution in [0.15, 0.2) is 60.7 Å². The minimum absolute atomic E-state index is 0.157. The zero-order chi connectivity index (χ0) is 13.5. The molecule has 0 aliphatic heterocycles. The number of carbonyl (C=O) groups is 1. The summed E-state index contributed by atoms with van der Waals surface area (Å²) in [4.78, 5) is 11.8. The molecule has 2 nitrogen and oxygen atoms in total. The lowest BCUT2D eigenvalue weighted by molar-refractivity contribution is -0.111. The van der Waals surface area contributed by atoms with Crippen LogP contribution in [0.3, 0.4) is 0 Å². The van der Waals surface area contributed by atoms with E-state index in [0.29, 0.717) is 5.88 Å². The molecule has 0 aromatic heterocycles. The van der Waals surface area contributed by atoms with E-state index < -0.39 is 0 Å². The zero-order valence-electron chi connectivity index (χ0n) is 10.3. The maximum Gasteiger partial charge on any atom is 0.248 e. The van der Waals surface area contributed by atoms with E-state index in [1.54, 1.807) is 6.08 Å². The summed E-state index contributed by atoms with van der Waals surface area (Å²) in [7, 11) is 0. The van der Waals surface area contributed by atoms with Crippen LogP contribution in [0.4, 0.5) is 5.69 Å². The van der Waals surface area contributed by atoms with Crippen LogP contribution in [0, 0.1) is 0 Å². The van der Waals surface area contributed by atoms with E-state index in [1.807, 2.05) is 54.6 Å². The molecule has 0 fully saturated rings. The molecular formula is C16H14ClNO. The Balaban J connectivity index is 1.99. The van der Waals surface area contributed by atoms with Crippen LogP contribution in [0.25, 0.3) is 6.08 Å². The van der Waals surface area contributed by atoms with Crippen molar-refractivity contribution in [1.82, 2.24) is 0 Å². The fourth-order valence-electron chi connectivity index (χ4n) is 1.65. The first kappa shape index (κ1) is 13.4. The van der Waals surface area contributed by atoms with Crippen molar-refractivity contribution in [1.29, 1.82) is 0 Å². The molecular weight excluding hydrogens is 258 g/mol. The quantitative estimate of drug-likeness (QED) is 0.659. The van der Waals surface area contributed by atoms with Gasteiger partial charge in [0.1, 0.15) is 0 Å². The molecule has 0 atom stereocenters. The van der Waals surface area contributed by atoms with E-state index in [4.69, 9.17) is 11.6 Å². The Morgan fingerprint density at radius 3 is 2.63 bits per heavy atom. The lowest BCUT2D eigenvalue weighted by Gasteiger charge is -2.03. The van der Waals surface area contributed by atoms with Gasteiger partial charge in [-0.1, -0.05) is 42.5 Å². The number of hydrogen-bond donors (Lipinski definition) is 1. The molecule has 96 valence electrons. The third kappa shape index (κ3) is 4.27. The first-order valence-electron chi connectivity index (χ1n) is 5.97. The maximum atomic E-state index is 11.8. The molecule has 0 aliphatic rings. The SMILES string of the molecule is O=C(C=Cc1ccccc1)Nc1cccc(CCl)c1. The van der Waals surface area contributed by atoms with Crippen molar-refractivity contribution < 1.29 is 4.79 Å². The Morgan fingerprint density at radius 1 is 1.11 bits per heavy atom. The Morgan fingerprint density at radius 2 is 1.89 bits per heavy atom.